The van der Waals surface area contributed by atoms with Gasteiger partial charge in [0.05, 0.1) is 0 Å². The van der Waals surface area contributed by atoms with Crippen LogP contribution in [0.3, 0.4) is 0 Å². The van der Waals surface area contributed by atoms with Crippen LogP contribution in [0.5, 0.6) is 0 Å². The van der Waals surface area contributed by atoms with Crippen LogP contribution in [0.4, 0.5) is 0 Å². The molecule has 1 heteroatoms. The molecular formula is C21H39N. The van der Waals surface area contributed by atoms with Gasteiger partial charge in [0.2, 0.25) is 0 Å². The van der Waals surface area contributed by atoms with Gasteiger partial charge in [-0.2, -0.15) is 0 Å². The number of nitrogens with zero attached hydrogens (tertiary/aromatic N) is 1. The molecular weight excluding hydrogens is 266 g/mol. The zero-order valence-electron chi connectivity index (χ0n) is 15.8. The molecule has 0 bridgehead atoms. The van der Waals surface area contributed by atoms with Crippen LogP contribution >= 0.6 is 0 Å². The number of hydrogen-bond donors (Lipinski definition) is 0. The van der Waals surface area contributed by atoms with E-state index in [9.17, 15) is 0 Å². The Bertz CT molecular complexity index is 344. The van der Waals surface area contributed by atoms with Gasteiger partial charge >= 0.3 is 0 Å². The summed E-state index contributed by atoms with van der Waals surface area (Å²) in [6.07, 6.45) is 13.6. The van der Waals surface area contributed by atoms with Crippen LogP contribution in [0, 0.1) is 17.8 Å². The molecule has 1 rings (SSSR count). The summed E-state index contributed by atoms with van der Waals surface area (Å²) in [7, 11) is 2.35. The molecule has 22 heavy (non-hydrogen) atoms. The normalized spacial score (nSPS) is 27.2. The topological polar surface area (TPSA) is 3.24 Å². The lowest BCUT2D eigenvalue weighted by Crippen LogP contribution is -2.42. The molecule has 0 aliphatic carbocycles. The van der Waals surface area contributed by atoms with E-state index in [1.807, 2.05) is 0 Å². The van der Waals surface area contributed by atoms with E-state index in [1.54, 1.807) is 5.57 Å². The minimum absolute atomic E-state index is 0.625. The van der Waals surface area contributed by atoms with Gasteiger partial charge in [0.15, 0.2) is 0 Å². The highest BCUT2D eigenvalue weighted by Crippen LogP contribution is 2.32. The molecule has 4 atom stereocenters. The summed E-state index contributed by atoms with van der Waals surface area (Å²) >= 11 is 0. The van der Waals surface area contributed by atoms with Crippen LogP contribution < -0.4 is 0 Å². The minimum atomic E-state index is 0.625. The fourth-order valence-corrected chi connectivity index (χ4v) is 4.29. The van der Waals surface area contributed by atoms with Crippen LogP contribution in [0.15, 0.2) is 24.3 Å². The van der Waals surface area contributed by atoms with Gasteiger partial charge in [-0.3, -0.25) is 4.90 Å². The molecule has 0 fully saturated rings. The van der Waals surface area contributed by atoms with E-state index in [-0.39, 0.29) is 0 Å². The molecule has 0 saturated carbocycles. The van der Waals surface area contributed by atoms with E-state index in [2.05, 4.69) is 58.4 Å². The van der Waals surface area contributed by atoms with E-state index in [0.717, 1.165) is 24.2 Å². The minimum Gasteiger partial charge on any atom is -0.299 e. The summed E-state index contributed by atoms with van der Waals surface area (Å²) < 4.78 is 0. The molecule has 1 aliphatic heterocycles. The van der Waals surface area contributed by atoms with Gasteiger partial charge in [0.1, 0.15) is 0 Å². The Morgan fingerprint density at radius 1 is 1.36 bits per heavy atom. The molecule has 1 aliphatic rings. The SMILES string of the molecule is C=CCCC(C)C(CC)C1C(C)=CCCC(CC)CCN1C. The predicted molar refractivity (Wildman–Crippen MR) is 100 cm³/mol. The first-order valence-electron chi connectivity index (χ1n) is 9.52. The molecule has 0 radical (unpaired) electrons. The van der Waals surface area contributed by atoms with Gasteiger partial charge < -0.3 is 0 Å². The third kappa shape index (κ3) is 5.57. The quantitative estimate of drug-likeness (QED) is 0.516. The predicted octanol–water partition coefficient (Wildman–Crippen LogP) is 6.07. The zero-order valence-corrected chi connectivity index (χ0v) is 15.8. The Labute approximate surface area is 139 Å². The van der Waals surface area contributed by atoms with Crippen molar-refractivity contribution in [1.82, 2.24) is 4.90 Å². The molecule has 4 unspecified atom stereocenters. The number of hydrogen-bond acceptors (Lipinski definition) is 1. The first kappa shape index (κ1) is 19.5. The van der Waals surface area contributed by atoms with Gasteiger partial charge in [-0.25, -0.2) is 0 Å². The standard InChI is InChI=1S/C21H39N/c1-7-10-12-17(4)20(9-3)21-18(5)13-11-14-19(8-2)15-16-22(21)6/h7,13,17,19-21H,1,8-12,14-16H2,2-6H3. The first-order valence-corrected chi connectivity index (χ1v) is 9.52. The molecule has 0 spiro atoms. The fourth-order valence-electron chi connectivity index (χ4n) is 4.29. The van der Waals surface area contributed by atoms with Crippen LogP contribution in [-0.2, 0) is 0 Å². The summed E-state index contributed by atoms with van der Waals surface area (Å²) in [5, 5.41) is 0. The van der Waals surface area contributed by atoms with Gasteiger partial charge in [-0.1, -0.05) is 51.3 Å². The van der Waals surface area contributed by atoms with Crippen LogP contribution in [0.2, 0.25) is 0 Å². The Morgan fingerprint density at radius 3 is 2.68 bits per heavy atom. The summed E-state index contributed by atoms with van der Waals surface area (Å²) in [6.45, 7) is 14.7. The molecule has 0 N–H and O–H groups in total. The van der Waals surface area contributed by atoms with E-state index in [4.69, 9.17) is 0 Å². The fraction of sp³-hybridized carbons (Fsp3) is 0.810. The number of rotatable bonds is 7. The van der Waals surface area contributed by atoms with Crippen LogP contribution in [-0.4, -0.2) is 24.5 Å². The van der Waals surface area contributed by atoms with E-state index >= 15 is 0 Å². The second kappa shape index (κ2) is 10.3. The second-order valence-electron chi connectivity index (χ2n) is 7.43. The molecule has 0 amide bonds. The molecule has 128 valence electrons. The smallest absolute Gasteiger partial charge is 0.0332 e. The molecule has 0 aromatic rings. The third-order valence-corrected chi connectivity index (χ3v) is 5.88. The second-order valence-corrected chi connectivity index (χ2v) is 7.43. The van der Waals surface area contributed by atoms with E-state index in [1.165, 1.54) is 45.1 Å². The molecule has 1 nitrogen and oxygen atoms in total. The summed E-state index contributed by atoms with van der Waals surface area (Å²) in [5.74, 6) is 2.43. The van der Waals surface area contributed by atoms with Gasteiger partial charge in [0.25, 0.3) is 0 Å². The average molecular weight is 306 g/mol. The van der Waals surface area contributed by atoms with Crippen molar-refractivity contribution in [3.63, 3.8) is 0 Å². The lowest BCUT2D eigenvalue weighted by molar-refractivity contribution is 0.147. The van der Waals surface area contributed by atoms with Crippen LogP contribution in [0.1, 0.15) is 72.6 Å². The maximum absolute atomic E-state index is 3.90. The lowest BCUT2D eigenvalue weighted by Gasteiger charge is -2.38. The molecule has 1 heterocycles. The number of likely N-dealkylation sites (N-methyl/N-ethyl adjacent to an activating group) is 1. The summed E-state index contributed by atoms with van der Waals surface area (Å²) in [6, 6.07) is 0.625. The molecule has 0 aromatic carbocycles. The Hall–Kier alpha value is -0.560. The van der Waals surface area contributed by atoms with Crippen molar-refractivity contribution < 1.29 is 0 Å². The highest BCUT2D eigenvalue weighted by molar-refractivity contribution is 5.11. The van der Waals surface area contributed by atoms with Crippen molar-refractivity contribution in [2.75, 3.05) is 13.6 Å². The van der Waals surface area contributed by atoms with E-state index < -0.39 is 0 Å². The van der Waals surface area contributed by atoms with Crippen molar-refractivity contribution in [3.8, 4) is 0 Å². The highest BCUT2D eigenvalue weighted by Gasteiger charge is 2.30. The third-order valence-electron chi connectivity index (χ3n) is 5.88. The zero-order chi connectivity index (χ0) is 16.5. The van der Waals surface area contributed by atoms with Crippen molar-refractivity contribution in [2.24, 2.45) is 17.8 Å². The summed E-state index contributed by atoms with van der Waals surface area (Å²) in [4.78, 5) is 2.65. The van der Waals surface area contributed by atoms with Gasteiger partial charge in [0, 0.05) is 6.04 Å². The highest BCUT2D eigenvalue weighted by atomic mass is 15.1. The molecule has 0 aromatic heterocycles. The monoisotopic (exact) mass is 305 g/mol. The Kier molecular flexibility index (Phi) is 9.09. The first-order chi connectivity index (χ1) is 10.5. The van der Waals surface area contributed by atoms with Crippen molar-refractivity contribution in [2.45, 2.75) is 78.7 Å². The Balaban J connectivity index is 2.89. The number of allylic oxidation sites excluding steroid dienone is 2. The van der Waals surface area contributed by atoms with Gasteiger partial charge in [-0.05, 0) is 70.4 Å². The largest absolute Gasteiger partial charge is 0.299 e. The van der Waals surface area contributed by atoms with Crippen molar-refractivity contribution >= 4 is 0 Å². The molecule has 0 saturated heterocycles. The average Bonchev–Trinajstić information content (AvgIpc) is 2.58. The Morgan fingerprint density at radius 2 is 2.09 bits per heavy atom. The lowest BCUT2D eigenvalue weighted by atomic mass is 9.79. The summed E-state index contributed by atoms with van der Waals surface area (Å²) in [5.41, 5.74) is 1.61. The van der Waals surface area contributed by atoms with Crippen molar-refractivity contribution in [1.29, 1.82) is 0 Å². The maximum Gasteiger partial charge on any atom is 0.0332 e. The maximum atomic E-state index is 3.90. The van der Waals surface area contributed by atoms with Crippen LogP contribution in [0.25, 0.3) is 0 Å². The van der Waals surface area contributed by atoms with E-state index in [0.29, 0.717) is 6.04 Å². The van der Waals surface area contributed by atoms with Crippen molar-refractivity contribution in [3.05, 3.63) is 24.3 Å². The van der Waals surface area contributed by atoms with Gasteiger partial charge in [-0.15, -0.1) is 6.58 Å².